The highest BCUT2D eigenvalue weighted by atomic mass is 16.5. The van der Waals surface area contributed by atoms with Crippen LogP contribution in [0, 0.1) is 5.41 Å². The summed E-state index contributed by atoms with van der Waals surface area (Å²) in [5.41, 5.74) is 7.44. The molecule has 0 aromatic heterocycles. The van der Waals surface area contributed by atoms with Gasteiger partial charge >= 0.3 is 0 Å². The normalized spacial score (nSPS) is 26.7. The van der Waals surface area contributed by atoms with Crippen molar-refractivity contribution in [2.45, 2.75) is 38.3 Å². The van der Waals surface area contributed by atoms with E-state index in [0.717, 1.165) is 13.0 Å². The molecule has 0 heterocycles. The molecule has 1 aromatic rings. The van der Waals surface area contributed by atoms with E-state index in [1.54, 1.807) is 7.11 Å². The topological polar surface area (TPSA) is 47.3 Å². The highest BCUT2D eigenvalue weighted by Crippen LogP contribution is 2.42. The summed E-state index contributed by atoms with van der Waals surface area (Å²) < 4.78 is 5.48. The van der Waals surface area contributed by atoms with Crippen LogP contribution in [0.25, 0.3) is 0 Å². The fraction of sp³-hybridized carbons (Fsp3) is 0.625. The molecule has 3 nitrogen and oxygen atoms in total. The van der Waals surface area contributed by atoms with Crippen LogP contribution in [0.5, 0.6) is 0 Å². The average molecular weight is 262 g/mol. The van der Waals surface area contributed by atoms with Gasteiger partial charge in [-0.15, -0.1) is 0 Å². The third-order valence-corrected chi connectivity index (χ3v) is 4.63. The Morgan fingerprint density at radius 2 is 2.05 bits per heavy atom. The average Bonchev–Trinajstić information content (AvgIpc) is 2.43. The second kappa shape index (κ2) is 6.04. The van der Waals surface area contributed by atoms with Crippen LogP contribution in [-0.4, -0.2) is 32.3 Å². The third-order valence-electron chi connectivity index (χ3n) is 4.63. The van der Waals surface area contributed by atoms with Crippen molar-refractivity contribution < 1.29 is 4.74 Å². The fourth-order valence-electron chi connectivity index (χ4n) is 2.98. The van der Waals surface area contributed by atoms with Gasteiger partial charge in [0.05, 0.1) is 6.10 Å². The van der Waals surface area contributed by atoms with Gasteiger partial charge in [-0.25, -0.2) is 0 Å². The molecular weight excluding hydrogens is 236 g/mol. The van der Waals surface area contributed by atoms with Gasteiger partial charge < -0.3 is 15.8 Å². The summed E-state index contributed by atoms with van der Waals surface area (Å²) in [5.74, 6) is 0.388. The number of nitrogens with two attached hydrogens (primary N) is 1. The first kappa shape index (κ1) is 14.5. The van der Waals surface area contributed by atoms with E-state index in [4.69, 9.17) is 10.5 Å². The van der Waals surface area contributed by atoms with E-state index in [1.807, 2.05) is 6.07 Å². The zero-order chi connectivity index (χ0) is 13.9. The number of nitrogens with one attached hydrogen (secondary N) is 1. The quantitative estimate of drug-likeness (QED) is 0.825. The zero-order valence-corrected chi connectivity index (χ0v) is 12.2. The van der Waals surface area contributed by atoms with Crippen LogP contribution in [0.4, 0.5) is 0 Å². The molecule has 2 rings (SSSR count). The van der Waals surface area contributed by atoms with Gasteiger partial charge in [-0.2, -0.15) is 0 Å². The Morgan fingerprint density at radius 1 is 1.37 bits per heavy atom. The Hall–Kier alpha value is -0.900. The molecule has 0 amide bonds. The van der Waals surface area contributed by atoms with Crippen LogP contribution in [0.2, 0.25) is 0 Å². The van der Waals surface area contributed by atoms with Crippen molar-refractivity contribution >= 4 is 0 Å². The second-order valence-electron chi connectivity index (χ2n) is 6.09. The van der Waals surface area contributed by atoms with E-state index in [9.17, 15) is 0 Å². The maximum Gasteiger partial charge on any atom is 0.0652 e. The summed E-state index contributed by atoms with van der Waals surface area (Å²) in [4.78, 5) is 0. The molecule has 1 aliphatic carbocycles. The van der Waals surface area contributed by atoms with Crippen molar-refractivity contribution in [1.82, 2.24) is 5.32 Å². The molecule has 3 heteroatoms. The van der Waals surface area contributed by atoms with E-state index in [0.29, 0.717) is 24.6 Å². The molecule has 3 atom stereocenters. The minimum Gasteiger partial charge on any atom is -0.381 e. The molecule has 1 aromatic carbocycles. The predicted molar refractivity (Wildman–Crippen MR) is 79.2 cm³/mol. The maximum atomic E-state index is 5.91. The number of hydrogen-bond donors (Lipinski definition) is 2. The maximum absolute atomic E-state index is 5.91. The van der Waals surface area contributed by atoms with Crippen LogP contribution < -0.4 is 11.1 Å². The van der Waals surface area contributed by atoms with Gasteiger partial charge in [0.15, 0.2) is 0 Å². The first-order valence-corrected chi connectivity index (χ1v) is 7.10. The van der Waals surface area contributed by atoms with E-state index in [-0.39, 0.29) is 5.41 Å². The summed E-state index contributed by atoms with van der Waals surface area (Å²) in [6.07, 6.45) is 1.47. The highest BCUT2D eigenvalue weighted by molar-refractivity contribution is 5.20. The summed E-state index contributed by atoms with van der Waals surface area (Å²) in [6, 6.07) is 11.0. The van der Waals surface area contributed by atoms with Gasteiger partial charge in [0.1, 0.15) is 0 Å². The van der Waals surface area contributed by atoms with Crippen LogP contribution in [0.1, 0.15) is 31.7 Å². The smallest absolute Gasteiger partial charge is 0.0652 e. The Kier molecular flexibility index (Phi) is 4.61. The summed E-state index contributed by atoms with van der Waals surface area (Å²) in [6.45, 7) is 6.15. The van der Waals surface area contributed by atoms with Gasteiger partial charge in [-0.3, -0.25) is 0 Å². The predicted octanol–water partition coefficient (Wildman–Crippen LogP) is 2.13. The number of hydrogen-bond acceptors (Lipinski definition) is 3. The summed E-state index contributed by atoms with van der Waals surface area (Å²) >= 11 is 0. The molecule has 0 aliphatic heterocycles. The van der Waals surface area contributed by atoms with Crippen LogP contribution in [-0.2, 0) is 4.74 Å². The lowest BCUT2D eigenvalue weighted by Gasteiger charge is -2.51. The zero-order valence-electron chi connectivity index (χ0n) is 12.2. The minimum absolute atomic E-state index is 0.213. The monoisotopic (exact) mass is 262 g/mol. The van der Waals surface area contributed by atoms with E-state index in [2.05, 4.69) is 43.4 Å². The summed E-state index contributed by atoms with van der Waals surface area (Å²) in [7, 11) is 1.80. The van der Waals surface area contributed by atoms with Crippen molar-refractivity contribution in [3.63, 3.8) is 0 Å². The van der Waals surface area contributed by atoms with Crippen molar-refractivity contribution in [3.05, 3.63) is 35.9 Å². The van der Waals surface area contributed by atoms with Crippen molar-refractivity contribution in [3.8, 4) is 0 Å². The summed E-state index contributed by atoms with van der Waals surface area (Å²) in [5, 5.41) is 3.66. The first-order chi connectivity index (χ1) is 9.09. The molecule has 1 fully saturated rings. The molecule has 0 bridgehead atoms. The molecule has 0 saturated heterocycles. The molecule has 1 aliphatic rings. The Bertz CT molecular complexity index is 391. The van der Waals surface area contributed by atoms with Gasteiger partial charge in [-0.05, 0) is 12.0 Å². The largest absolute Gasteiger partial charge is 0.381 e. The van der Waals surface area contributed by atoms with E-state index < -0.39 is 0 Å². The molecule has 1 saturated carbocycles. The Balaban J connectivity index is 1.88. The molecule has 3 unspecified atom stereocenters. The minimum atomic E-state index is 0.213. The SMILES string of the molecule is COC1CC(NCC(CN)c2ccccc2)C1(C)C. The Morgan fingerprint density at radius 3 is 2.58 bits per heavy atom. The van der Waals surface area contributed by atoms with Gasteiger partial charge in [0.25, 0.3) is 0 Å². The molecule has 106 valence electrons. The van der Waals surface area contributed by atoms with E-state index in [1.165, 1.54) is 5.56 Å². The van der Waals surface area contributed by atoms with Crippen molar-refractivity contribution in [2.24, 2.45) is 11.1 Å². The van der Waals surface area contributed by atoms with Gasteiger partial charge in [0, 0.05) is 37.6 Å². The lowest BCUT2D eigenvalue weighted by Crippen LogP contribution is -2.61. The van der Waals surface area contributed by atoms with E-state index >= 15 is 0 Å². The fourth-order valence-corrected chi connectivity index (χ4v) is 2.98. The van der Waals surface area contributed by atoms with Crippen LogP contribution in [0.3, 0.4) is 0 Å². The molecular formula is C16H26N2O. The standard InChI is InChI=1S/C16H26N2O/c1-16(2)14(9-15(16)19-3)18-11-13(10-17)12-7-5-4-6-8-12/h4-8,13-15,18H,9-11,17H2,1-3H3. The lowest BCUT2D eigenvalue weighted by atomic mass is 9.64. The Labute approximate surface area is 116 Å². The highest BCUT2D eigenvalue weighted by Gasteiger charge is 2.48. The third kappa shape index (κ3) is 2.99. The first-order valence-electron chi connectivity index (χ1n) is 7.10. The molecule has 0 radical (unpaired) electrons. The molecule has 19 heavy (non-hydrogen) atoms. The number of ether oxygens (including phenoxy) is 1. The van der Waals surface area contributed by atoms with Crippen molar-refractivity contribution in [1.29, 1.82) is 0 Å². The second-order valence-corrected chi connectivity index (χ2v) is 6.09. The van der Waals surface area contributed by atoms with Crippen LogP contribution in [0.15, 0.2) is 30.3 Å². The number of rotatable bonds is 6. The van der Waals surface area contributed by atoms with Gasteiger partial charge in [0.2, 0.25) is 0 Å². The lowest BCUT2D eigenvalue weighted by molar-refractivity contribution is -0.0975. The molecule has 0 spiro atoms. The number of methoxy groups -OCH3 is 1. The van der Waals surface area contributed by atoms with Crippen LogP contribution >= 0.6 is 0 Å². The number of benzene rings is 1. The van der Waals surface area contributed by atoms with Crippen molar-refractivity contribution in [2.75, 3.05) is 20.2 Å². The molecule has 3 N–H and O–H groups in total. The van der Waals surface area contributed by atoms with Gasteiger partial charge in [-0.1, -0.05) is 44.2 Å².